The van der Waals surface area contributed by atoms with Gasteiger partial charge < -0.3 is 10.0 Å². The molecule has 1 aliphatic rings. The Bertz CT molecular complexity index is 352. The van der Waals surface area contributed by atoms with Crippen LogP contribution in [-0.4, -0.2) is 50.7 Å². The number of hydrogen-bond acceptors (Lipinski definition) is 4. The molecule has 5 nitrogen and oxygen atoms in total. The van der Waals surface area contributed by atoms with Gasteiger partial charge in [0.15, 0.2) is 0 Å². The van der Waals surface area contributed by atoms with Crippen LogP contribution in [0.1, 0.15) is 25.0 Å². The van der Waals surface area contributed by atoms with Gasteiger partial charge in [0, 0.05) is 26.2 Å². The Kier molecular flexibility index (Phi) is 3.25. The Labute approximate surface area is 96.1 Å². The molecule has 0 bridgehead atoms. The number of aromatic nitrogens is 3. The summed E-state index contributed by atoms with van der Waals surface area (Å²) in [5.74, 6) is 0. The van der Waals surface area contributed by atoms with Crippen LogP contribution in [0.15, 0.2) is 6.20 Å². The summed E-state index contributed by atoms with van der Waals surface area (Å²) in [4.78, 5) is 2.27. The zero-order valence-corrected chi connectivity index (χ0v) is 10.1. The molecule has 90 valence electrons. The van der Waals surface area contributed by atoms with E-state index < -0.39 is 5.60 Å². The van der Waals surface area contributed by atoms with E-state index in [4.69, 9.17) is 0 Å². The van der Waals surface area contributed by atoms with E-state index in [2.05, 4.69) is 22.3 Å². The van der Waals surface area contributed by atoms with E-state index in [9.17, 15) is 5.11 Å². The van der Waals surface area contributed by atoms with Crippen LogP contribution in [0.3, 0.4) is 0 Å². The van der Waals surface area contributed by atoms with Crippen molar-refractivity contribution in [3.05, 3.63) is 11.9 Å². The molecular weight excluding hydrogens is 204 g/mol. The van der Waals surface area contributed by atoms with Crippen molar-refractivity contribution in [2.75, 3.05) is 20.1 Å². The maximum absolute atomic E-state index is 10.5. The Morgan fingerprint density at radius 2 is 2.19 bits per heavy atom. The number of nitrogens with zero attached hydrogens (tertiary/aromatic N) is 4. The Hall–Kier alpha value is -0.940. The molecule has 2 heterocycles. The van der Waals surface area contributed by atoms with Crippen LogP contribution in [0.4, 0.5) is 0 Å². The third kappa shape index (κ3) is 2.80. The SMILES string of the molecule is CN1CCCC(O)(Cc2cn(C)nn2)CC1. The minimum absolute atomic E-state index is 0.596. The van der Waals surface area contributed by atoms with E-state index in [1.54, 1.807) is 4.68 Å². The van der Waals surface area contributed by atoms with Crippen LogP contribution in [0, 0.1) is 0 Å². The van der Waals surface area contributed by atoms with E-state index in [0.717, 1.165) is 38.0 Å². The first-order chi connectivity index (χ1) is 7.57. The predicted molar refractivity (Wildman–Crippen MR) is 61.0 cm³/mol. The molecule has 1 unspecified atom stereocenters. The van der Waals surface area contributed by atoms with Gasteiger partial charge in [0.1, 0.15) is 0 Å². The molecule has 5 heteroatoms. The molecular formula is C11H20N4O. The van der Waals surface area contributed by atoms with Crippen LogP contribution < -0.4 is 0 Å². The van der Waals surface area contributed by atoms with Gasteiger partial charge in [-0.2, -0.15) is 0 Å². The minimum atomic E-state index is -0.596. The quantitative estimate of drug-likeness (QED) is 0.780. The molecule has 2 rings (SSSR count). The second kappa shape index (κ2) is 4.51. The third-order valence-electron chi connectivity index (χ3n) is 3.30. The lowest BCUT2D eigenvalue weighted by atomic mass is 9.90. The van der Waals surface area contributed by atoms with Crippen molar-refractivity contribution in [3.63, 3.8) is 0 Å². The van der Waals surface area contributed by atoms with Crippen molar-refractivity contribution in [3.8, 4) is 0 Å². The van der Waals surface area contributed by atoms with Gasteiger partial charge in [-0.25, -0.2) is 0 Å². The highest BCUT2D eigenvalue weighted by Gasteiger charge is 2.30. The maximum Gasteiger partial charge on any atom is 0.0855 e. The molecule has 1 aromatic rings. The Morgan fingerprint density at radius 1 is 1.38 bits per heavy atom. The zero-order valence-electron chi connectivity index (χ0n) is 10.1. The number of rotatable bonds is 2. The number of hydrogen-bond donors (Lipinski definition) is 1. The first-order valence-electron chi connectivity index (χ1n) is 5.84. The molecule has 1 aromatic heterocycles. The van der Waals surface area contributed by atoms with Gasteiger partial charge in [-0.1, -0.05) is 5.21 Å². The van der Waals surface area contributed by atoms with E-state index in [0.29, 0.717) is 6.42 Å². The third-order valence-corrected chi connectivity index (χ3v) is 3.30. The lowest BCUT2D eigenvalue weighted by Crippen LogP contribution is -2.33. The molecule has 1 fully saturated rings. The lowest BCUT2D eigenvalue weighted by molar-refractivity contribution is 0.0254. The molecule has 1 aliphatic heterocycles. The summed E-state index contributed by atoms with van der Waals surface area (Å²) in [5, 5.41) is 18.5. The maximum atomic E-state index is 10.5. The Morgan fingerprint density at radius 3 is 2.88 bits per heavy atom. The molecule has 0 saturated carbocycles. The second-order valence-electron chi connectivity index (χ2n) is 4.94. The normalized spacial score (nSPS) is 27.9. The van der Waals surface area contributed by atoms with E-state index in [1.807, 2.05) is 13.2 Å². The average molecular weight is 224 g/mol. The summed E-state index contributed by atoms with van der Waals surface area (Å²) in [5.41, 5.74) is 0.287. The number of aliphatic hydroxyl groups is 1. The van der Waals surface area contributed by atoms with Crippen molar-refractivity contribution >= 4 is 0 Å². The summed E-state index contributed by atoms with van der Waals surface area (Å²) in [6.45, 7) is 2.03. The first-order valence-corrected chi connectivity index (χ1v) is 5.84. The highest BCUT2D eigenvalue weighted by atomic mass is 16.3. The van der Waals surface area contributed by atoms with Gasteiger partial charge in [-0.05, 0) is 32.9 Å². The molecule has 0 radical (unpaired) electrons. The predicted octanol–water partition coefficient (Wildman–Crippen LogP) is 0.204. The standard InChI is InChI=1S/C11H20N4O/c1-14-6-3-4-11(16,5-7-14)8-10-9-15(2)13-12-10/h9,16H,3-8H2,1-2H3. The molecule has 1 N–H and O–H groups in total. The van der Waals surface area contributed by atoms with Crippen molar-refractivity contribution in [1.29, 1.82) is 0 Å². The van der Waals surface area contributed by atoms with Crippen LogP contribution in [0.25, 0.3) is 0 Å². The molecule has 16 heavy (non-hydrogen) atoms. The molecule has 0 aliphatic carbocycles. The van der Waals surface area contributed by atoms with Gasteiger partial charge in [0.2, 0.25) is 0 Å². The van der Waals surface area contributed by atoms with Crippen molar-refractivity contribution in [1.82, 2.24) is 19.9 Å². The largest absolute Gasteiger partial charge is 0.389 e. The van der Waals surface area contributed by atoms with Crippen LogP contribution in [0.2, 0.25) is 0 Å². The first kappa shape index (κ1) is 11.5. The summed E-state index contributed by atoms with van der Waals surface area (Å²) in [7, 11) is 3.95. The van der Waals surface area contributed by atoms with Gasteiger partial charge >= 0.3 is 0 Å². The van der Waals surface area contributed by atoms with Gasteiger partial charge in [-0.15, -0.1) is 5.10 Å². The number of likely N-dealkylation sites (tertiary alicyclic amines) is 1. The zero-order chi connectivity index (χ0) is 11.6. The van der Waals surface area contributed by atoms with Gasteiger partial charge in [0.25, 0.3) is 0 Å². The fraction of sp³-hybridized carbons (Fsp3) is 0.818. The van der Waals surface area contributed by atoms with Crippen LogP contribution in [0.5, 0.6) is 0 Å². The monoisotopic (exact) mass is 224 g/mol. The van der Waals surface area contributed by atoms with E-state index >= 15 is 0 Å². The van der Waals surface area contributed by atoms with Crippen LogP contribution >= 0.6 is 0 Å². The Balaban J connectivity index is 2.01. The van der Waals surface area contributed by atoms with Crippen molar-refractivity contribution in [2.24, 2.45) is 7.05 Å². The molecule has 1 saturated heterocycles. The van der Waals surface area contributed by atoms with Crippen molar-refractivity contribution in [2.45, 2.75) is 31.3 Å². The van der Waals surface area contributed by atoms with Crippen molar-refractivity contribution < 1.29 is 5.11 Å². The van der Waals surface area contributed by atoms with Gasteiger partial charge in [0.05, 0.1) is 11.3 Å². The molecule has 0 amide bonds. The summed E-state index contributed by atoms with van der Waals surface area (Å²) >= 11 is 0. The smallest absolute Gasteiger partial charge is 0.0855 e. The summed E-state index contributed by atoms with van der Waals surface area (Å²) in [6.07, 6.45) is 5.22. The fourth-order valence-electron chi connectivity index (χ4n) is 2.30. The number of aryl methyl sites for hydroxylation is 1. The average Bonchev–Trinajstić information content (AvgIpc) is 2.53. The van der Waals surface area contributed by atoms with Crippen LogP contribution in [-0.2, 0) is 13.5 Å². The summed E-state index contributed by atoms with van der Waals surface area (Å²) in [6, 6.07) is 0. The van der Waals surface area contributed by atoms with Gasteiger partial charge in [-0.3, -0.25) is 4.68 Å². The lowest BCUT2D eigenvalue weighted by Gasteiger charge is -2.25. The van der Waals surface area contributed by atoms with E-state index in [-0.39, 0.29) is 0 Å². The molecule has 0 spiro atoms. The highest BCUT2D eigenvalue weighted by Crippen LogP contribution is 2.25. The molecule has 1 atom stereocenters. The summed E-state index contributed by atoms with van der Waals surface area (Å²) < 4.78 is 1.68. The fourth-order valence-corrected chi connectivity index (χ4v) is 2.30. The molecule has 0 aromatic carbocycles. The van der Waals surface area contributed by atoms with E-state index in [1.165, 1.54) is 0 Å². The topological polar surface area (TPSA) is 54.2 Å². The minimum Gasteiger partial charge on any atom is -0.389 e. The second-order valence-corrected chi connectivity index (χ2v) is 4.94. The highest BCUT2D eigenvalue weighted by molar-refractivity contribution is 5.00.